The second kappa shape index (κ2) is 20.3. The first-order valence-corrected chi connectivity index (χ1v) is 21.2. The summed E-state index contributed by atoms with van der Waals surface area (Å²) in [5, 5.41) is 0. The highest BCUT2D eigenvalue weighted by Crippen LogP contribution is 2.67. The molecule has 3 saturated carbocycles. The molecular weight excluding hydrogens is 597 g/mol. The molecule has 2 heteroatoms. The van der Waals surface area contributed by atoms with Crippen molar-refractivity contribution in [2.24, 2.45) is 46.3 Å². The Labute approximate surface area is 303 Å². The Morgan fingerprint density at radius 3 is 2.14 bits per heavy atom. The number of unbranched alkanes of at least 4 members (excludes halogenated alkanes) is 4. The van der Waals surface area contributed by atoms with Gasteiger partial charge in [0.25, 0.3) is 0 Å². The van der Waals surface area contributed by atoms with Gasteiger partial charge in [-0.15, -0.1) is 0 Å². The third-order valence-corrected chi connectivity index (χ3v) is 13.8. The Morgan fingerprint density at radius 2 is 1.47 bits per heavy atom. The normalized spacial score (nSPS) is 32.2. The zero-order valence-electron chi connectivity index (χ0n) is 32.9. The van der Waals surface area contributed by atoms with E-state index in [1.54, 1.807) is 5.57 Å². The van der Waals surface area contributed by atoms with Gasteiger partial charge in [0.1, 0.15) is 6.10 Å². The number of esters is 1. The summed E-state index contributed by atoms with van der Waals surface area (Å²) in [6, 6.07) is 0. The fraction of sp³-hybridized carbons (Fsp3) is 0.766. The second-order valence-corrected chi connectivity index (χ2v) is 17.6. The number of fused-ring (bicyclic) bond motifs is 5. The average molecular weight is 673 g/mol. The number of rotatable bonds is 20. The van der Waals surface area contributed by atoms with Crippen molar-refractivity contribution in [3.63, 3.8) is 0 Å². The van der Waals surface area contributed by atoms with Crippen LogP contribution in [0.15, 0.2) is 60.3 Å². The number of ether oxygens (including phenoxy) is 1. The highest BCUT2D eigenvalue weighted by Gasteiger charge is 2.59. The molecule has 0 radical (unpaired) electrons. The first-order chi connectivity index (χ1) is 23.7. The molecular formula is C47H76O2. The van der Waals surface area contributed by atoms with E-state index in [1.807, 2.05) is 0 Å². The van der Waals surface area contributed by atoms with Gasteiger partial charge in [-0.2, -0.15) is 0 Å². The summed E-state index contributed by atoms with van der Waals surface area (Å²) in [7, 11) is 0. The summed E-state index contributed by atoms with van der Waals surface area (Å²) >= 11 is 0. The topological polar surface area (TPSA) is 26.3 Å². The number of hydrogen-bond donors (Lipinski definition) is 0. The zero-order chi connectivity index (χ0) is 35.1. The molecule has 0 heterocycles. The molecule has 0 amide bonds. The molecule has 4 aliphatic rings. The van der Waals surface area contributed by atoms with Crippen LogP contribution in [0.1, 0.15) is 176 Å². The van der Waals surface area contributed by atoms with Crippen LogP contribution in [-0.4, -0.2) is 12.1 Å². The minimum absolute atomic E-state index is 0.00622. The highest BCUT2D eigenvalue weighted by atomic mass is 16.5. The summed E-state index contributed by atoms with van der Waals surface area (Å²) < 4.78 is 6.10. The van der Waals surface area contributed by atoms with Crippen LogP contribution in [0.4, 0.5) is 0 Å². The molecule has 0 aromatic heterocycles. The molecule has 6 unspecified atom stereocenters. The lowest BCUT2D eigenvalue weighted by molar-refractivity contribution is -0.151. The van der Waals surface area contributed by atoms with E-state index in [-0.39, 0.29) is 12.1 Å². The third-order valence-electron chi connectivity index (χ3n) is 13.8. The van der Waals surface area contributed by atoms with Crippen LogP contribution < -0.4 is 0 Å². The van der Waals surface area contributed by atoms with Crippen molar-refractivity contribution >= 4 is 5.97 Å². The number of allylic oxidation sites excluding steroid dienone is 9. The molecule has 4 rings (SSSR count). The molecule has 0 bridgehead atoms. The van der Waals surface area contributed by atoms with Gasteiger partial charge in [0.05, 0.1) is 0 Å². The fourth-order valence-electron chi connectivity index (χ4n) is 10.9. The Hall–Kier alpha value is -1.83. The van der Waals surface area contributed by atoms with E-state index < -0.39 is 0 Å². The number of hydrogen-bond acceptors (Lipinski definition) is 2. The standard InChI is InChI=1S/C47H76O2/c1-7-8-9-10-11-12-13-14-15-16-17-18-19-20-21-22-23-27-45(48)49-40-32-34-46(5)39(36-40)28-29-41-43-31-30-42(38(4)26-24-25-37(2)3)47(43,6)35-33-44(41)46/h11-12,14-15,17-18,20-21,28,37-38,40-44H,7-10,13,16,19,22-27,29-36H2,1-6H3/t38?,40?,41?,42?,43?,44?,46-,47+/m0/s1. The maximum atomic E-state index is 12.8. The van der Waals surface area contributed by atoms with Crippen molar-refractivity contribution in [1.82, 2.24) is 0 Å². The Kier molecular flexibility index (Phi) is 16.5. The van der Waals surface area contributed by atoms with Gasteiger partial charge in [-0.05, 0) is 136 Å². The minimum atomic E-state index is 0.00622. The van der Waals surface area contributed by atoms with E-state index in [0.29, 0.717) is 17.3 Å². The predicted molar refractivity (Wildman–Crippen MR) is 211 cm³/mol. The number of carbonyl (C=O) groups excluding carboxylic acids is 1. The van der Waals surface area contributed by atoms with E-state index in [2.05, 4.69) is 96.2 Å². The van der Waals surface area contributed by atoms with Gasteiger partial charge in [0.2, 0.25) is 0 Å². The summed E-state index contributed by atoms with van der Waals surface area (Å²) in [5.74, 6) is 5.21. The first-order valence-electron chi connectivity index (χ1n) is 21.2. The van der Waals surface area contributed by atoms with Crippen LogP contribution in [0.2, 0.25) is 0 Å². The van der Waals surface area contributed by atoms with Gasteiger partial charge in [-0.1, -0.05) is 134 Å². The van der Waals surface area contributed by atoms with Crippen molar-refractivity contribution in [1.29, 1.82) is 0 Å². The Bertz CT molecular complexity index is 1140. The second-order valence-electron chi connectivity index (χ2n) is 17.6. The van der Waals surface area contributed by atoms with E-state index >= 15 is 0 Å². The lowest BCUT2D eigenvalue weighted by Crippen LogP contribution is -2.51. The van der Waals surface area contributed by atoms with Crippen LogP contribution >= 0.6 is 0 Å². The van der Waals surface area contributed by atoms with E-state index in [0.717, 1.165) is 80.5 Å². The van der Waals surface area contributed by atoms with E-state index in [9.17, 15) is 4.79 Å². The predicted octanol–water partition coefficient (Wildman–Crippen LogP) is 14.1. The van der Waals surface area contributed by atoms with Crippen molar-refractivity contribution in [2.45, 2.75) is 182 Å². The lowest BCUT2D eigenvalue weighted by Gasteiger charge is -2.58. The smallest absolute Gasteiger partial charge is 0.306 e. The molecule has 0 saturated heterocycles. The molecule has 3 fully saturated rings. The van der Waals surface area contributed by atoms with Gasteiger partial charge in [0, 0.05) is 12.8 Å². The molecule has 0 aromatic carbocycles. The van der Waals surface area contributed by atoms with Crippen molar-refractivity contribution in [3.8, 4) is 0 Å². The van der Waals surface area contributed by atoms with Crippen molar-refractivity contribution in [2.75, 3.05) is 0 Å². The van der Waals surface area contributed by atoms with Gasteiger partial charge in [0.15, 0.2) is 0 Å². The lowest BCUT2D eigenvalue weighted by atomic mass is 9.47. The molecule has 4 aliphatic carbocycles. The monoisotopic (exact) mass is 673 g/mol. The quantitative estimate of drug-likeness (QED) is 0.0731. The maximum absolute atomic E-state index is 12.8. The molecule has 0 spiro atoms. The van der Waals surface area contributed by atoms with Gasteiger partial charge in [-0.3, -0.25) is 4.79 Å². The van der Waals surface area contributed by atoms with Crippen molar-refractivity contribution in [3.05, 3.63) is 60.3 Å². The highest BCUT2D eigenvalue weighted by molar-refractivity contribution is 5.69. The summed E-state index contributed by atoms with van der Waals surface area (Å²) in [6.07, 6.45) is 45.7. The SMILES string of the molecule is CCCCCC=CCC=CCC=CCC=CCCCC(=O)OC1CC[C@@]2(C)C(=CCC3C4CCC(C(C)CCCC(C)C)[C@@]4(C)CCC32)C1. The fourth-order valence-corrected chi connectivity index (χ4v) is 10.9. The van der Waals surface area contributed by atoms with Gasteiger partial charge >= 0.3 is 5.97 Å². The zero-order valence-corrected chi connectivity index (χ0v) is 32.9. The van der Waals surface area contributed by atoms with Crippen LogP contribution in [-0.2, 0) is 9.53 Å². The summed E-state index contributed by atoms with van der Waals surface area (Å²) in [5.41, 5.74) is 2.48. The molecule has 8 atom stereocenters. The maximum Gasteiger partial charge on any atom is 0.306 e. The van der Waals surface area contributed by atoms with Crippen LogP contribution in [0.25, 0.3) is 0 Å². The third kappa shape index (κ3) is 11.3. The molecule has 49 heavy (non-hydrogen) atoms. The average Bonchev–Trinajstić information content (AvgIpc) is 3.43. The first kappa shape index (κ1) is 39.9. The molecule has 276 valence electrons. The van der Waals surface area contributed by atoms with Crippen LogP contribution in [0.3, 0.4) is 0 Å². The van der Waals surface area contributed by atoms with E-state index in [1.165, 1.54) is 83.5 Å². The Balaban J connectivity index is 1.13. The summed E-state index contributed by atoms with van der Waals surface area (Å²) in [4.78, 5) is 12.8. The number of carbonyl (C=O) groups is 1. The molecule has 0 aliphatic heterocycles. The molecule has 0 N–H and O–H groups in total. The van der Waals surface area contributed by atoms with Crippen molar-refractivity contribution < 1.29 is 9.53 Å². The summed E-state index contributed by atoms with van der Waals surface area (Å²) in [6.45, 7) is 14.9. The minimum Gasteiger partial charge on any atom is -0.462 e. The van der Waals surface area contributed by atoms with Gasteiger partial charge < -0.3 is 4.74 Å². The van der Waals surface area contributed by atoms with Gasteiger partial charge in [-0.25, -0.2) is 0 Å². The van der Waals surface area contributed by atoms with Crippen LogP contribution in [0, 0.1) is 46.3 Å². The molecule has 2 nitrogen and oxygen atoms in total. The Morgan fingerprint density at radius 1 is 0.796 bits per heavy atom. The largest absolute Gasteiger partial charge is 0.462 e. The van der Waals surface area contributed by atoms with E-state index in [4.69, 9.17) is 4.74 Å². The molecule has 0 aromatic rings. The van der Waals surface area contributed by atoms with Crippen LogP contribution in [0.5, 0.6) is 0 Å².